The highest BCUT2D eigenvalue weighted by Gasteiger charge is 2.12. The predicted molar refractivity (Wildman–Crippen MR) is 78.0 cm³/mol. The molecular weight excluding hydrogens is 292 g/mol. The van der Waals surface area contributed by atoms with Gasteiger partial charge in [-0.15, -0.1) is 0 Å². The van der Waals surface area contributed by atoms with Crippen molar-refractivity contribution in [2.24, 2.45) is 0 Å². The number of benzene rings is 2. The summed E-state index contributed by atoms with van der Waals surface area (Å²) in [6.07, 6.45) is 1.43. The molecule has 5 nitrogen and oxygen atoms in total. The normalized spacial score (nSPS) is 10.5. The van der Waals surface area contributed by atoms with Gasteiger partial charge in [-0.25, -0.2) is 14.8 Å². The average molecular weight is 301 g/mol. The molecule has 0 spiro atoms. The van der Waals surface area contributed by atoms with Crippen LogP contribution in [0, 0.1) is 0 Å². The van der Waals surface area contributed by atoms with Gasteiger partial charge in [-0.1, -0.05) is 23.7 Å². The Morgan fingerprint density at radius 3 is 2.76 bits per heavy atom. The molecule has 2 aromatic carbocycles. The first-order valence-corrected chi connectivity index (χ1v) is 6.44. The van der Waals surface area contributed by atoms with Crippen LogP contribution in [-0.4, -0.2) is 21.0 Å². The summed E-state index contributed by atoms with van der Waals surface area (Å²) in [5.41, 5.74) is 1.32. The van der Waals surface area contributed by atoms with E-state index in [1.807, 2.05) is 0 Å². The summed E-state index contributed by atoms with van der Waals surface area (Å²) >= 11 is 5.88. The van der Waals surface area contributed by atoms with Gasteiger partial charge in [-0.2, -0.15) is 0 Å². The van der Waals surface area contributed by atoms with Gasteiger partial charge in [-0.05, 0) is 30.3 Å². The number of rotatable bonds is 3. The van der Waals surface area contributed by atoms with Crippen LogP contribution in [-0.2, 0) is 0 Å². The summed E-state index contributed by atoms with van der Waals surface area (Å²) in [7, 11) is 0. The van der Waals surface area contributed by atoms with E-state index in [1.165, 1.54) is 12.3 Å². The molecule has 0 aliphatic rings. The number of aromatic nitrogens is 2. The van der Waals surface area contributed by atoms with Crippen molar-refractivity contribution in [2.75, 3.05) is 0 Å². The van der Waals surface area contributed by atoms with Crippen LogP contribution in [0.3, 0.4) is 0 Å². The summed E-state index contributed by atoms with van der Waals surface area (Å²) < 4.78 is 5.52. The minimum absolute atomic E-state index is 0.0653. The SMILES string of the molecule is O=C(O)c1ccccc1Oc1cnc2cc(Cl)ccc2n1. The molecule has 0 atom stereocenters. The van der Waals surface area contributed by atoms with Gasteiger partial charge in [-0.3, -0.25) is 0 Å². The maximum atomic E-state index is 11.1. The van der Waals surface area contributed by atoms with Gasteiger partial charge >= 0.3 is 5.97 Å². The van der Waals surface area contributed by atoms with E-state index < -0.39 is 5.97 Å². The van der Waals surface area contributed by atoms with Crippen molar-refractivity contribution in [3.05, 3.63) is 59.2 Å². The fourth-order valence-corrected chi connectivity index (χ4v) is 2.03. The van der Waals surface area contributed by atoms with E-state index in [9.17, 15) is 4.79 Å². The Kier molecular flexibility index (Phi) is 3.41. The van der Waals surface area contributed by atoms with Crippen LogP contribution < -0.4 is 4.74 Å². The molecule has 0 fully saturated rings. The molecule has 0 bridgehead atoms. The highest BCUT2D eigenvalue weighted by atomic mass is 35.5. The van der Waals surface area contributed by atoms with Gasteiger partial charge in [0.25, 0.3) is 0 Å². The minimum atomic E-state index is -1.06. The van der Waals surface area contributed by atoms with E-state index in [2.05, 4.69) is 9.97 Å². The fraction of sp³-hybridized carbons (Fsp3) is 0. The van der Waals surface area contributed by atoms with E-state index in [1.54, 1.807) is 36.4 Å². The maximum Gasteiger partial charge on any atom is 0.339 e. The number of carboxylic acids is 1. The molecule has 6 heteroatoms. The Labute approximate surface area is 124 Å². The molecule has 3 aromatic rings. The molecule has 1 aromatic heterocycles. The predicted octanol–water partition coefficient (Wildman–Crippen LogP) is 3.77. The van der Waals surface area contributed by atoms with Gasteiger partial charge < -0.3 is 9.84 Å². The van der Waals surface area contributed by atoms with Gasteiger partial charge in [0.15, 0.2) is 0 Å². The molecule has 1 heterocycles. The molecule has 0 radical (unpaired) electrons. The zero-order valence-corrected chi connectivity index (χ0v) is 11.4. The maximum absolute atomic E-state index is 11.1. The highest BCUT2D eigenvalue weighted by Crippen LogP contribution is 2.25. The van der Waals surface area contributed by atoms with E-state index in [4.69, 9.17) is 21.4 Å². The van der Waals surface area contributed by atoms with Crippen LogP contribution in [0.15, 0.2) is 48.7 Å². The number of carboxylic acid groups (broad SMARTS) is 1. The number of hydrogen-bond acceptors (Lipinski definition) is 4. The monoisotopic (exact) mass is 300 g/mol. The van der Waals surface area contributed by atoms with Crippen LogP contribution >= 0.6 is 11.6 Å². The summed E-state index contributed by atoms with van der Waals surface area (Å²) in [5.74, 6) is -0.628. The molecule has 0 amide bonds. The van der Waals surface area contributed by atoms with Gasteiger partial charge in [0, 0.05) is 5.02 Å². The summed E-state index contributed by atoms with van der Waals surface area (Å²) in [5, 5.41) is 9.69. The first-order chi connectivity index (χ1) is 10.1. The highest BCUT2D eigenvalue weighted by molar-refractivity contribution is 6.31. The smallest absolute Gasteiger partial charge is 0.339 e. The molecule has 0 saturated carbocycles. The standard InChI is InChI=1S/C15H9ClN2O3/c16-9-5-6-11-12(7-9)17-8-14(18-11)21-13-4-2-1-3-10(13)15(19)20/h1-8H,(H,19,20). The average Bonchev–Trinajstić information content (AvgIpc) is 2.48. The topological polar surface area (TPSA) is 72.3 Å². The quantitative estimate of drug-likeness (QED) is 0.797. The number of hydrogen-bond donors (Lipinski definition) is 1. The Bertz CT molecular complexity index is 836. The van der Waals surface area contributed by atoms with Crippen LogP contribution in [0.5, 0.6) is 11.6 Å². The van der Waals surface area contributed by atoms with Crippen molar-refractivity contribution in [2.45, 2.75) is 0 Å². The fourth-order valence-electron chi connectivity index (χ4n) is 1.86. The third kappa shape index (κ3) is 2.78. The van der Waals surface area contributed by atoms with E-state index in [0.717, 1.165) is 0 Å². The zero-order chi connectivity index (χ0) is 14.8. The van der Waals surface area contributed by atoms with E-state index in [-0.39, 0.29) is 17.2 Å². The van der Waals surface area contributed by atoms with Crippen molar-refractivity contribution < 1.29 is 14.6 Å². The molecule has 0 aliphatic heterocycles. The number of para-hydroxylation sites is 1. The van der Waals surface area contributed by atoms with Crippen LogP contribution in [0.2, 0.25) is 5.02 Å². The Morgan fingerprint density at radius 2 is 1.95 bits per heavy atom. The Morgan fingerprint density at radius 1 is 1.14 bits per heavy atom. The van der Waals surface area contributed by atoms with Crippen LogP contribution in [0.4, 0.5) is 0 Å². The third-order valence-corrected chi connectivity index (χ3v) is 3.05. The molecule has 104 valence electrons. The molecule has 1 N–H and O–H groups in total. The molecule has 0 saturated heterocycles. The minimum Gasteiger partial charge on any atom is -0.478 e. The van der Waals surface area contributed by atoms with Crippen LogP contribution in [0.1, 0.15) is 10.4 Å². The van der Waals surface area contributed by atoms with E-state index in [0.29, 0.717) is 16.1 Å². The van der Waals surface area contributed by atoms with Crippen molar-refractivity contribution in [1.82, 2.24) is 9.97 Å². The number of halogens is 1. The van der Waals surface area contributed by atoms with Crippen LogP contribution in [0.25, 0.3) is 11.0 Å². The van der Waals surface area contributed by atoms with Crippen molar-refractivity contribution >= 4 is 28.6 Å². The lowest BCUT2D eigenvalue weighted by Gasteiger charge is -2.08. The van der Waals surface area contributed by atoms with Gasteiger partial charge in [0.1, 0.15) is 11.3 Å². The second-order valence-corrected chi connectivity index (χ2v) is 4.68. The number of nitrogens with zero attached hydrogens (tertiary/aromatic N) is 2. The number of carbonyl (C=O) groups is 1. The summed E-state index contributed by atoms with van der Waals surface area (Å²) in [4.78, 5) is 19.6. The largest absolute Gasteiger partial charge is 0.478 e. The third-order valence-electron chi connectivity index (χ3n) is 2.81. The number of ether oxygens (including phenoxy) is 1. The molecular formula is C15H9ClN2O3. The van der Waals surface area contributed by atoms with Gasteiger partial charge in [0.05, 0.1) is 17.2 Å². The van der Waals surface area contributed by atoms with Crippen molar-refractivity contribution in [1.29, 1.82) is 0 Å². The Hall–Kier alpha value is -2.66. The second-order valence-electron chi connectivity index (χ2n) is 4.24. The second kappa shape index (κ2) is 5.38. The zero-order valence-electron chi connectivity index (χ0n) is 10.7. The van der Waals surface area contributed by atoms with Crippen molar-refractivity contribution in [3.8, 4) is 11.6 Å². The molecule has 0 unspecified atom stereocenters. The first-order valence-electron chi connectivity index (χ1n) is 6.06. The lowest BCUT2D eigenvalue weighted by Crippen LogP contribution is -2.00. The molecule has 21 heavy (non-hydrogen) atoms. The lowest BCUT2D eigenvalue weighted by atomic mass is 10.2. The number of aromatic carboxylic acids is 1. The summed E-state index contributed by atoms with van der Waals surface area (Å²) in [6.45, 7) is 0. The van der Waals surface area contributed by atoms with Gasteiger partial charge in [0.2, 0.25) is 5.88 Å². The molecule has 3 rings (SSSR count). The summed E-state index contributed by atoms with van der Waals surface area (Å²) in [6, 6.07) is 11.5. The first kappa shape index (κ1) is 13.3. The van der Waals surface area contributed by atoms with E-state index >= 15 is 0 Å². The number of fused-ring (bicyclic) bond motifs is 1. The van der Waals surface area contributed by atoms with Crippen molar-refractivity contribution in [3.63, 3.8) is 0 Å². The molecule has 0 aliphatic carbocycles. The lowest BCUT2D eigenvalue weighted by molar-refractivity contribution is 0.0694. The Balaban J connectivity index is 1.99.